The van der Waals surface area contributed by atoms with Crippen LogP contribution in [0.3, 0.4) is 0 Å². The van der Waals surface area contributed by atoms with Gasteiger partial charge in [-0.3, -0.25) is 4.90 Å². The minimum absolute atomic E-state index is 0.0956. The van der Waals surface area contributed by atoms with Crippen molar-refractivity contribution in [2.24, 2.45) is 10.3 Å². The van der Waals surface area contributed by atoms with E-state index in [1.807, 2.05) is 33.1 Å². The molecule has 4 heteroatoms. The first-order valence-electron chi connectivity index (χ1n) is 7.02. The predicted molar refractivity (Wildman–Crippen MR) is 85.0 cm³/mol. The fraction of sp³-hybridized carbons (Fsp3) is 0.800. The lowest BCUT2D eigenvalue weighted by Crippen LogP contribution is -2.53. The van der Waals surface area contributed by atoms with Crippen molar-refractivity contribution in [3.8, 4) is 0 Å². The van der Waals surface area contributed by atoms with Crippen molar-refractivity contribution in [2.75, 3.05) is 13.1 Å². The van der Waals surface area contributed by atoms with Crippen LogP contribution in [-0.2, 0) is 11.4 Å². The SMILES string of the molecule is C=CCN1CC(C)CCC1(C)/C=N/[S@@+]([O-])C(C)(C)C. The molecule has 1 heterocycles. The average Bonchev–Trinajstić information content (AvgIpc) is 2.30. The highest BCUT2D eigenvalue weighted by molar-refractivity contribution is 7.91. The molecule has 1 rings (SSSR count). The normalized spacial score (nSPS) is 31.6. The van der Waals surface area contributed by atoms with Crippen LogP contribution in [0, 0.1) is 5.92 Å². The van der Waals surface area contributed by atoms with E-state index in [0.29, 0.717) is 5.92 Å². The molecule has 3 nitrogen and oxygen atoms in total. The van der Waals surface area contributed by atoms with Gasteiger partial charge >= 0.3 is 0 Å². The maximum atomic E-state index is 12.1. The maximum Gasteiger partial charge on any atom is 0.144 e. The van der Waals surface area contributed by atoms with Crippen LogP contribution in [0.15, 0.2) is 17.1 Å². The number of nitrogens with zero attached hydrogens (tertiary/aromatic N) is 2. The zero-order valence-corrected chi connectivity index (χ0v) is 13.8. The Bertz CT molecular complexity index is 338. The summed E-state index contributed by atoms with van der Waals surface area (Å²) >= 11 is -1.18. The quantitative estimate of drug-likeness (QED) is 0.452. The van der Waals surface area contributed by atoms with Crippen molar-refractivity contribution in [3.05, 3.63) is 12.7 Å². The Balaban J connectivity index is 2.81. The Morgan fingerprint density at radius 3 is 2.68 bits per heavy atom. The van der Waals surface area contributed by atoms with Gasteiger partial charge in [0.15, 0.2) is 0 Å². The molecule has 0 amide bonds. The molecule has 19 heavy (non-hydrogen) atoms. The minimum Gasteiger partial charge on any atom is -0.591 e. The molecule has 0 N–H and O–H groups in total. The van der Waals surface area contributed by atoms with Crippen LogP contribution in [-0.4, -0.2) is 39.0 Å². The Hall–Kier alpha value is -0.320. The lowest BCUT2D eigenvalue weighted by molar-refractivity contribution is 0.102. The van der Waals surface area contributed by atoms with Crippen LogP contribution < -0.4 is 0 Å². The van der Waals surface area contributed by atoms with Gasteiger partial charge < -0.3 is 4.55 Å². The molecular formula is C15H28N2OS. The average molecular weight is 284 g/mol. The van der Waals surface area contributed by atoms with E-state index in [9.17, 15) is 4.55 Å². The third-order valence-corrected chi connectivity index (χ3v) is 5.04. The van der Waals surface area contributed by atoms with Gasteiger partial charge in [0.05, 0.1) is 11.8 Å². The third kappa shape index (κ3) is 4.62. The van der Waals surface area contributed by atoms with Crippen molar-refractivity contribution < 1.29 is 4.55 Å². The Kier molecular flexibility index (Phi) is 5.65. The minimum atomic E-state index is -1.18. The Morgan fingerprint density at radius 1 is 1.53 bits per heavy atom. The molecule has 0 aromatic carbocycles. The molecule has 1 saturated heterocycles. The highest BCUT2D eigenvalue weighted by atomic mass is 32.2. The van der Waals surface area contributed by atoms with Gasteiger partial charge in [-0.15, -0.1) is 6.58 Å². The summed E-state index contributed by atoms with van der Waals surface area (Å²) in [4.78, 5) is 2.39. The van der Waals surface area contributed by atoms with Crippen LogP contribution in [0.2, 0.25) is 0 Å². The van der Waals surface area contributed by atoms with E-state index in [2.05, 4.69) is 29.7 Å². The summed E-state index contributed by atoms with van der Waals surface area (Å²) in [6.45, 7) is 16.1. The number of hydrogen-bond donors (Lipinski definition) is 0. The van der Waals surface area contributed by atoms with Crippen LogP contribution in [0.25, 0.3) is 0 Å². The lowest BCUT2D eigenvalue weighted by Gasteiger charge is -2.44. The molecule has 3 atom stereocenters. The van der Waals surface area contributed by atoms with E-state index in [4.69, 9.17) is 0 Å². The van der Waals surface area contributed by atoms with Gasteiger partial charge in [-0.25, -0.2) is 0 Å². The zero-order chi connectivity index (χ0) is 14.7. The van der Waals surface area contributed by atoms with Crippen LogP contribution in [0.1, 0.15) is 47.5 Å². The fourth-order valence-electron chi connectivity index (χ4n) is 2.28. The van der Waals surface area contributed by atoms with Gasteiger partial charge in [-0.05, 0) is 46.5 Å². The molecule has 0 aromatic rings. The van der Waals surface area contributed by atoms with Crippen molar-refractivity contribution in [2.45, 2.75) is 57.7 Å². The summed E-state index contributed by atoms with van der Waals surface area (Å²) in [6, 6.07) is 0. The highest BCUT2D eigenvalue weighted by Crippen LogP contribution is 2.30. The Morgan fingerprint density at radius 2 is 2.16 bits per heavy atom. The van der Waals surface area contributed by atoms with E-state index >= 15 is 0 Å². The molecule has 0 saturated carbocycles. The highest BCUT2D eigenvalue weighted by Gasteiger charge is 2.36. The molecular weight excluding hydrogens is 256 g/mol. The van der Waals surface area contributed by atoms with Gasteiger partial charge in [0.1, 0.15) is 16.1 Å². The second-order valence-corrected chi connectivity index (χ2v) is 8.72. The summed E-state index contributed by atoms with van der Waals surface area (Å²) in [5.74, 6) is 0.703. The predicted octanol–water partition coefficient (Wildman–Crippen LogP) is 3.20. The molecule has 1 aliphatic heterocycles. The van der Waals surface area contributed by atoms with Crippen LogP contribution in [0.5, 0.6) is 0 Å². The van der Waals surface area contributed by atoms with Crippen LogP contribution in [0.4, 0.5) is 0 Å². The second kappa shape index (κ2) is 6.42. The van der Waals surface area contributed by atoms with E-state index < -0.39 is 11.4 Å². The smallest absolute Gasteiger partial charge is 0.144 e. The van der Waals surface area contributed by atoms with Crippen molar-refractivity contribution in [1.29, 1.82) is 0 Å². The van der Waals surface area contributed by atoms with Crippen LogP contribution >= 0.6 is 0 Å². The van der Waals surface area contributed by atoms with E-state index in [1.54, 1.807) is 0 Å². The summed E-state index contributed by atoms with van der Waals surface area (Å²) in [6.07, 6.45) is 6.10. The summed E-state index contributed by atoms with van der Waals surface area (Å²) in [7, 11) is 0. The first-order chi connectivity index (χ1) is 8.69. The molecule has 0 aliphatic carbocycles. The first-order valence-corrected chi connectivity index (χ1v) is 8.13. The summed E-state index contributed by atoms with van der Waals surface area (Å²) < 4.78 is 16.1. The van der Waals surface area contributed by atoms with E-state index in [1.165, 1.54) is 6.42 Å². The molecule has 1 fully saturated rings. The molecule has 110 valence electrons. The van der Waals surface area contributed by atoms with Gasteiger partial charge in [-0.2, -0.15) is 0 Å². The molecule has 1 aliphatic rings. The van der Waals surface area contributed by atoms with Gasteiger partial charge in [0.25, 0.3) is 0 Å². The van der Waals surface area contributed by atoms with Crippen molar-refractivity contribution >= 4 is 17.6 Å². The standard InChI is InChI=1S/C15H28N2OS/c1-7-10-17-11-13(2)8-9-15(17,6)12-16-19(18)14(3,4)5/h7,12-13H,1,8-11H2,2-6H3/b16-12+/t13?,15?,19-/m0/s1. The largest absolute Gasteiger partial charge is 0.591 e. The van der Waals surface area contributed by atoms with Gasteiger partial charge in [0, 0.05) is 13.1 Å². The van der Waals surface area contributed by atoms with E-state index in [-0.39, 0.29) is 10.3 Å². The molecule has 0 bridgehead atoms. The second-order valence-electron chi connectivity index (χ2n) is 6.79. The van der Waals surface area contributed by atoms with Gasteiger partial charge in [0.2, 0.25) is 0 Å². The monoisotopic (exact) mass is 284 g/mol. The number of piperidine rings is 1. The van der Waals surface area contributed by atoms with Gasteiger partial charge in [-0.1, -0.05) is 17.4 Å². The summed E-state index contributed by atoms with van der Waals surface area (Å²) in [5.41, 5.74) is -0.0956. The number of rotatable bonds is 4. The molecule has 2 unspecified atom stereocenters. The van der Waals surface area contributed by atoms with E-state index in [0.717, 1.165) is 19.5 Å². The molecule has 0 spiro atoms. The maximum absolute atomic E-state index is 12.1. The topological polar surface area (TPSA) is 38.7 Å². The fourth-order valence-corrected chi connectivity index (χ4v) is 2.92. The lowest BCUT2D eigenvalue weighted by atomic mass is 9.85. The zero-order valence-electron chi connectivity index (χ0n) is 13.0. The molecule has 0 radical (unpaired) electrons. The summed E-state index contributed by atoms with van der Waals surface area (Å²) in [5, 5.41) is 0. The van der Waals surface area contributed by atoms with Crippen molar-refractivity contribution in [3.63, 3.8) is 0 Å². The molecule has 0 aromatic heterocycles. The number of hydrogen-bond acceptors (Lipinski definition) is 3. The Labute approximate surface area is 121 Å². The third-order valence-electron chi connectivity index (χ3n) is 3.70. The number of likely N-dealkylation sites (tertiary alicyclic amines) is 1. The van der Waals surface area contributed by atoms with Crippen molar-refractivity contribution in [1.82, 2.24) is 4.90 Å². The first kappa shape index (κ1) is 16.7.